The maximum Gasteiger partial charge on any atom is 0.411 e. The zero-order valence-electron chi connectivity index (χ0n) is 16.8. The average Bonchev–Trinajstić information content (AvgIpc) is 3.31. The van der Waals surface area contributed by atoms with Crippen LogP contribution in [-0.4, -0.2) is 38.5 Å². The summed E-state index contributed by atoms with van der Waals surface area (Å²) in [5.74, 6) is -0.259. The number of imidazole rings is 1. The summed E-state index contributed by atoms with van der Waals surface area (Å²) in [5.41, 5.74) is 1.65. The van der Waals surface area contributed by atoms with Crippen LogP contribution in [0.1, 0.15) is 22.1 Å². The largest absolute Gasteiger partial charge is 0.453 e. The van der Waals surface area contributed by atoms with Crippen molar-refractivity contribution in [2.45, 2.75) is 13.8 Å². The molecule has 4 rings (SSSR count). The molecule has 0 aliphatic heterocycles. The first-order chi connectivity index (χ1) is 14.8. The number of benzene rings is 1. The summed E-state index contributed by atoms with van der Waals surface area (Å²) >= 11 is 0. The van der Waals surface area contributed by atoms with Crippen LogP contribution in [0.15, 0.2) is 41.2 Å². The molecule has 158 valence electrons. The number of aromatic nitrogens is 4. The number of hydrogen-bond donors (Lipinski definition) is 2. The van der Waals surface area contributed by atoms with Crippen LogP contribution in [-0.2, 0) is 4.74 Å². The molecule has 3 aromatic heterocycles. The van der Waals surface area contributed by atoms with Crippen molar-refractivity contribution in [2.75, 3.05) is 17.7 Å². The van der Waals surface area contributed by atoms with Crippen molar-refractivity contribution in [2.24, 2.45) is 0 Å². The van der Waals surface area contributed by atoms with Crippen molar-refractivity contribution in [3.8, 4) is 11.3 Å². The lowest BCUT2D eigenvalue weighted by molar-refractivity contribution is 0.0994. The highest BCUT2D eigenvalue weighted by Crippen LogP contribution is 2.26. The van der Waals surface area contributed by atoms with Crippen molar-refractivity contribution in [3.63, 3.8) is 0 Å². The molecule has 4 aromatic rings. The molecule has 10 nitrogen and oxygen atoms in total. The van der Waals surface area contributed by atoms with Crippen LogP contribution < -0.4 is 10.6 Å². The van der Waals surface area contributed by atoms with Gasteiger partial charge in [0.25, 0.3) is 5.91 Å². The van der Waals surface area contributed by atoms with E-state index in [0.717, 1.165) is 0 Å². The lowest BCUT2D eigenvalue weighted by Crippen LogP contribution is -2.12. The molecule has 2 amide bonds. The Morgan fingerprint density at radius 2 is 1.94 bits per heavy atom. The van der Waals surface area contributed by atoms with Crippen LogP contribution in [0.3, 0.4) is 0 Å². The zero-order chi connectivity index (χ0) is 22.1. The maximum absolute atomic E-state index is 14.5. The number of halogens is 1. The number of anilines is 2. The predicted molar refractivity (Wildman–Crippen MR) is 108 cm³/mol. The van der Waals surface area contributed by atoms with Gasteiger partial charge in [0.1, 0.15) is 5.82 Å². The summed E-state index contributed by atoms with van der Waals surface area (Å²) in [6.45, 7) is 3.30. The van der Waals surface area contributed by atoms with Gasteiger partial charge in [-0.2, -0.15) is 0 Å². The average molecular weight is 424 g/mol. The third kappa shape index (κ3) is 4.06. The van der Waals surface area contributed by atoms with Crippen LogP contribution in [0.4, 0.5) is 20.6 Å². The Balaban J connectivity index is 1.63. The summed E-state index contributed by atoms with van der Waals surface area (Å²) < 4.78 is 25.9. The number of hydrogen-bond acceptors (Lipinski definition) is 7. The second-order valence-electron chi connectivity index (χ2n) is 6.59. The standard InChI is InChI=1S/C20H17FN6O4/c1-10-17(31-11(2)23-10)18(28)24-12-4-5-15(21)14(6-12)16-9-27-8-13(25-20(29)30-3)7-22-19(27)26-16/h4-9H,1-3H3,(H,24,28)(H,25,29). The normalized spacial score (nSPS) is 10.8. The molecule has 0 fully saturated rings. The second kappa shape index (κ2) is 7.86. The molecule has 0 saturated heterocycles. The van der Waals surface area contributed by atoms with Gasteiger partial charge in [0.2, 0.25) is 11.5 Å². The molecule has 0 saturated carbocycles. The molecule has 1 aromatic carbocycles. The number of amides is 2. The van der Waals surface area contributed by atoms with E-state index in [1.807, 2.05) is 0 Å². The van der Waals surface area contributed by atoms with Gasteiger partial charge in [-0.15, -0.1) is 0 Å². The number of fused-ring (bicyclic) bond motifs is 1. The van der Waals surface area contributed by atoms with E-state index in [1.165, 1.54) is 35.9 Å². The Hall–Kier alpha value is -4.28. The molecule has 0 aliphatic carbocycles. The van der Waals surface area contributed by atoms with Crippen LogP contribution >= 0.6 is 0 Å². The van der Waals surface area contributed by atoms with E-state index in [2.05, 4.69) is 30.3 Å². The first kappa shape index (κ1) is 20.0. The number of aryl methyl sites for hydroxylation is 2. The third-order valence-electron chi connectivity index (χ3n) is 4.35. The van der Waals surface area contributed by atoms with E-state index in [9.17, 15) is 14.0 Å². The van der Waals surface area contributed by atoms with Crippen molar-refractivity contribution < 1.29 is 23.1 Å². The van der Waals surface area contributed by atoms with Gasteiger partial charge in [0.05, 0.1) is 30.4 Å². The number of methoxy groups -OCH3 is 1. The van der Waals surface area contributed by atoms with Crippen LogP contribution in [0, 0.1) is 19.7 Å². The van der Waals surface area contributed by atoms with Crippen molar-refractivity contribution in [1.29, 1.82) is 0 Å². The number of nitrogens with zero attached hydrogens (tertiary/aromatic N) is 4. The van der Waals surface area contributed by atoms with Crippen molar-refractivity contribution in [1.82, 2.24) is 19.4 Å². The van der Waals surface area contributed by atoms with Crippen molar-refractivity contribution >= 4 is 29.2 Å². The summed E-state index contributed by atoms with van der Waals surface area (Å²) in [6, 6.07) is 4.12. The first-order valence-corrected chi connectivity index (χ1v) is 9.09. The molecule has 0 bridgehead atoms. The van der Waals surface area contributed by atoms with E-state index in [0.29, 0.717) is 34.4 Å². The summed E-state index contributed by atoms with van der Waals surface area (Å²) in [5, 5.41) is 5.16. The Morgan fingerprint density at radius 3 is 2.65 bits per heavy atom. The minimum absolute atomic E-state index is 0.0888. The molecular formula is C20H17FN6O4. The number of oxazole rings is 1. The molecule has 11 heteroatoms. The highest BCUT2D eigenvalue weighted by atomic mass is 19.1. The number of carbonyl (C=O) groups excluding carboxylic acids is 2. The van der Waals surface area contributed by atoms with E-state index >= 15 is 0 Å². The van der Waals surface area contributed by atoms with E-state index in [1.54, 1.807) is 26.2 Å². The number of ether oxygens (including phenoxy) is 1. The van der Waals surface area contributed by atoms with Crippen molar-refractivity contribution in [3.05, 3.63) is 60.0 Å². The lowest BCUT2D eigenvalue weighted by Gasteiger charge is -2.06. The van der Waals surface area contributed by atoms with Gasteiger partial charge in [-0.1, -0.05) is 0 Å². The number of carbonyl (C=O) groups is 2. The maximum atomic E-state index is 14.5. The number of nitrogens with one attached hydrogen (secondary N) is 2. The minimum atomic E-state index is -0.645. The molecular weight excluding hydrogens is 407 g/mol. The smallest absolute Gasteiger partial charge is 0.411 e. The molecule has 0 unspecified atom stereocenters. The fourth-order valence-electron chi connectivity index (χ4n) is 2.98. The quantitative estimate of drug-likeness (QED) is 0.513. The minimum Gasteiger partial charge on any atom is -0.453 e. The molecule has 31 heavy (non-hydrogen) atoms. The summed E-state index contributed by atoms with van der Waals surface area (Å²) in [6.07, 6.45) is 3.87. The summed E-state index contributed by atoms with van der Waals surface area (Å²) in [4.78, 5) is 36.3. The predicted octanol–water partition coefficient (Wildman–Crippen LogP) is 3.57. The fourth-order valence-corrected chi connectivity index (χ4v) is 2.98. The third-order valence-corrected chi connectivity index (χ3v) is 4.35. The van der Waals surface area contributed by atoms with Gasteiger partial charge < -0.3 is 14.5 Å². The SMILES string of the molecule is COC(=O)Nc1cnc2nc(-c3cc(NC(=O)c4oc(C)nc4C)ccc3F)cn2c1. The van der Waals surface area contributed by atoms with E-state index < -0.39 is 17.8 Å². The Morgan fingerprint density at radius 1 is 1.13 bits per heavy atom. The van der Waals surface area contributed by atoms with Gasteiger partial charge in [-0.25, -0.2) is 24.1 Å². The van der Waals surface area contributed by atoms with Crippen LogP contribution in [0.25, 0.3) is 17.0 Å². The molecule has 2 N–H and O–H groups in total. The van der Waals surface area contributed by atoms with Gasteiger partial charge >= 0.3 is 6.09 Å². The molecule has 0 radical (unpaired) electrons. The molecule has 0 aliphatic rings. The molecule has 3 heterocycles. The number of rotatable bonds is 4. The first-order valence-electron chi connectivity index (χ1n) is 9.09. The van der Waals surface area contributed by atoms with E-state index in [-0.39, 0.29) is 11.3 Å². The highest BCUT2D eigenvalue weighted by molar-refractivity contribution is 6.03. The van der Waals surface area contributed by atoms with E-state index in [4.69, 9.17) is 4.42 Å². The lowest BCUT2D eigenvalue weighted by atomic mass is 10.1. The Bertz CT molecular complexity index is 1310. The Kier molecular flexibility index (Phi) is 5.07. The highest BCUT2D eigenvalue weighted by Gasteiger charge is 2.18. The zero-order valence-corrected chi connectivity index (χ0v) is 16.8. The second-order valence-corrected chi connectivity index (χ2v) is 6.59. The topological polar surface area (TPSA) is 124 Å². The van der Waals surface area contributed by atoms with Gasteiger partial charge in [-0.3, -0.25) is 14.5 Å². The Labute approximate surface area is 175 Å². The fraction of sp³-hybridized carbons (Fsp3) is 0.150. The van der Waals surface area contributed by atoms with Crippen LogP contribution in [0.5, 0.6) is 0 Å². The molecule has 0 atom stereocenters. The monoisotopic (exact) mass is 424 g/mol. The van der Waals surface area contributed by atoms with Gasteiger partial charge in [0.15, 0.2) is 5.89 Å². The molecule has 0 spiro atoms. The van der Waals surface area contributed by atoms with Gasteiger partial charge in [-0.05, 0) is 25.1 Å². The summed E-state index contributed by atoms with van der Waals surface area (Å²) in [7, 11) is 1.25. The van der Waals surface area contributed by atoms with Gasteiger partial charge in [0, 0.05) is 30.6 Å². The van der Waals surface area contributed by atoms with Crippen LogP contribution in [0.2, 0.25) is 0 Å².